The molecular weight excluding hydrogens is 561 g/mol. The summed E-state index contributed by atoms with van der Waals surface area (Å²) in [5, 5.41) is 0. The Morgan fingerprint density at radius 1 is 0.864 bits per heavy atom. The highest BCUT2D eigenvalue weighted by atomic mass is 19.4. The molecule has 1 amide bonds. The molecule has 1 fully saturated rings. The number of alkyl halides is 3. The lowest BCUT2D eigenvalue weighted by Gasteiger charge is -2.38. The van der Waals surface area contributed by atoms with E-state index >= 15 is 0 Å². The highest BCUT2D eigenvalue weighted by Crippen LogP contribution is 2.29. The molecule has 44 heavy (non-hydrogen) atoms. The van der Waals surface area contributed by atoms with Crippen LogP contribution in [0.15, 0.2) is 109 Å². The number of rotatable bonds is 10. The summed E-state index contributed by atoms with van der Waals surface area (Å²) in [6.07, 6.45) is 4.91. The first-order valence-corrected chi connectivity index (χ1v) is 14.9. The third-order valence-electron chi connectivity index (χ3n) is 8.22. The fraction of sp³-hybridized carbons (Fsp3) is 0.278. The Bertz CT molecular complexity index is 1500. The van der Waals surface area contributed by atoms with E-state index in [0.29, 0.717) is 12.1 Å². The number of likely N-dealkylation sites (tertiary alicyclic amines) is 1. The largest absolute Gasteiger partial charge is 0.416 e. The van der Waals surface area contributed by atoms with Gasteiger partial charge < -0.3 is 14.7 Å². The third-order valence-corrected chi connectivity index (χ3v) is 8.22. The molecule has 0 radical (unpaired) electrons. The zero-order valence-electron chi connectivity index (χ0n) is 24.8. The lowest BCUT2D eigenvalue weighted by atomic mass is 10.0. The molecule has 5 rings (SSSR count). The van der Waals surface area contributed by atoms with E-state index in [-0.39, 0.29) is 11.9 Å². The summed E-state index contributed by atoms with van der Waals surface area (Å²) in [7, 11) is 2.00. The number of amides is 1. The van der Waals surface area contributed by atoms with Crippen LogP contribution in [0.25, 0.3) is 6.08 Å². The van der Waals surface area contributed by atoms with Gasteiger partial charge in [-0.25, -0.2) is 0 Å². The van der Waals surface area contributed by atoms with Gasteiger partial charge in [-0.1, -0.05) is 54.6 Å². The summed E-state index contributed by atoms with van der Waals surface area (Å²) < 4.78 is 38.9. The Balaban J connectivity index is 1.27. The average molecular weight is 599 g/mol. The predicted molar refractivity (Wildman–Crippen MR) is 169 cm³/mol. The van der Waals surface area contributed by atoms with E-state index in [2.05, 4.69) is 39.0 Å². The van der Waals surface area contributed by atoms with Crippen molar-refractivity contribution in [1.29, 1.82) is 0 Å². The molecule has 4 aromatic rings. The summed E-state index contributed by atoms with van der Waals surface area (Å²) in [4.78, 5) is 24.2. The second-order valence-corrected chi connectivity index (χ2v) is 11.2. The number of nitrogens with zero attached hydrogens (tertiary/aromatic N) is 4. The number of piperidine rings is 1. The van der Waals surface area contributed by atoms with Gasteiger partial charge in [0, 0.05) is 69.1 Å². The van der Waals surface area contributed by atoms with Crippen molar-refractivity contribution in [2.75, 3.05) is 31.6 Å². The first-order chi connectivity index (χ1) is 21.3. The number of pyridine rings is 1. The molecule has 1 aliphatic rings. The zero-order valence-corrected chi connectivity index (χ0v) is 24.8. The number of carbonyl (C=O) groups excluding carboxylic acids is 1. The van der Waals surface area contributed by atoms with Gasteiger partial charge in [0.1, 0.15) is 0 Å². The fourth-order valence-electron chi connectivity index (χ4n) is 5.56. The summed E-state index contributed by atoms with van der Waals surface area (Å²) in [6.45, 7) is 3.23. The Morgan fingerprint density at radius 3 is 2.14 bits per heavy atom. The van der Waals surface area contributed by atoms with Crippen LogP contribution in [-0.2, 0) is 23.9 Å². The number of anilines is 2. The van der Waals surface area contributed by atoms with Gasteiger partial charge in [0.15, 0.2) is 0 Å². The van der Waals surface area contributed by atoms with Crippen molar-refractivity contribution >= 4 is 23.4 Å². The van der Waals surface area contributed by atoms with Gasteiger partial charge in [0.2, 0.25) is 5.91 Å². The summed E-state index contributed by atoms with van der Waals surface area (Å²) in [5.41, 5.74) is 4.21. The topological polar surface area (TPSA) is 39.7 Å². The van der Waals surface area contributed by atoms with Crippen LogP contribution in [0.4, 0.5) is 24.5 Å². The first kappa shape index (κ1) is 31.0. The van der Waals surface area contributed by atoms with Crippen molar-refractivity contribution in [3.8, 4) is 0 Å². The molecule has 1 aromatic heterocycles. The minimum atomic E-state index is -4.40. The van der Waals surface area contributed by atoms with Crippen molar-refractivity contribution in [3.63, 3.8) is 0 Å². The Hall–Kier alpha value is -4.43. The van der Waals surface area contributed by atoms with E-state index in [0.717, 1.165) is 68.0 Å². The van der Waals surface area contributed by atoms with E-state index in [1.807, 2.05) is 54.4 Å². The zero-order chi connectivity index (χ0) is 30.9. The number of benzene rings is 3. The van der Waals surface area contributed by atoms with Crippen molar-refractivity contribution < 1.29 is 18.0 Å². The lowest BCUT2D eigenvalue weighted by molar-refractivity contribution is -0.137. The molecule has 0 unspecified atom stereocenters. The van der Waals surface area contributed by atoms with Crippen molar-refractivity contribution in [2.24, 2.45) is 0 Å². The van der Waals surface area contributed by atoms with Crippen molar-refractivity contribution in [2.45, 2.75) is 38.0 Å². The SMILES string of the molecule is CN(c1ccncc1)c1ccc(CN(C(=O)C=Cc2ccc(C(F)(F)F)cc2)C2CCN(CCc3ccccc3)CC2)cc1. The van der Waals surface area contributed by atoms with Gasteiger partial charge in [0.25, 0.3) is 0 Å². The number of hydrogen-bond donors (Lipinski definition) is 0. The van der Waals surface area contributed by atoms with E-state index in [1.165, 1.54) is 23.8 Å². The van der Waals surface area contributed by atoms with Gasteiger partial charge in [0.05, 0.1) is 5.56 Å². The lowest BCUT2D eigenvalue weighted by Crippen LogP contribution is -2.47. The number of halogens is 3. The van der Waals surface area contributed by atoms with Crippen molar-refractivity contribution in [3.05, 3.63) is 132 Å². The molecule has 8 heteroatoms. The van der Waals surface area contributed by atoms with Crippen molar-refractivity contribution in [1.82, 2.24) is 14.8 Å². The molecule has 228 valence electrons. The van der Waals surface area contributed by atoms with Gasteiger partial charge in [-0.15, -0.1) is 0 Å². The molecule has 0 aliphatic carbocycles. The van der Waals surface area contributed by atoms with Crippen LogP contribution in [0.5, 0.6) is 0 Å². The first-order valence-electron chi connectivity index (χ1n) is 14.9. The second kappa shape index (κ2) is 14.4. The quantitative estimate of drug-likeness (QED) is 0.176. The number of hydrogen-bond acceptors (Lipinski definition) is 4. The molecule has 0 spiro atoms. The highest BCUT2D eigenvalue weighted by Gasteiger charge is 2.30. The number of aromatic nitrogens is 1. The van der Waals surface area contributed by atoms with Gasteiger partial charge >= 0.3 is 6.18 Å². The molecule has 3 aromatic carbocycles. The van der Waals surface area contributed by atoms with Crippen LogP contribution in [0.2, 0.25) is 0 Å². The summed E-state index contributed by atoms with van der Waals surface area (Å²) in [5.74, 6) is -0.148. The monoisotopic (exact) mass is 598 g/mol. The smallest absolute Gasteiger partial charge is 0.345 e. The van der Waals surface area contributed by atoms with Gasteiger partial charge in [-0.2, -0.15) is 13.2 Å². The molecule has 0 saturated carbocycles. The van der Waals surface area contributed by atoms with Crippen LogP contribution in [-0.4, -0.2) is 53.4 Å². The molecule has 0 bridgehead atoms. The Kier molecular flexibility index (Phi) is 10.1. The maximum atomic E-state index is 13.6. The molecule has 0 atom stereocenters. The Labute approximate surface area is 257 Å². The van der Waals surface area contributed by atoms with Gasteiger partial charge in [-0.05, 0) is 78.4 Å². The minimum absolute atomic E-state index is 0.0619. The maximum absolute atomic E-state index is 13.6. The maximum Gasteiger partial charge on any atom is 0.416 e. The standard InChI is InChI=1S/C36H37F3N4O/c1-41(33-17-22-40-23-18-33)32-14-9-30(10-15-32)27-43(35(44)16-11-29-7-12-31(13-8-29)36(37,38)39)34-20-25-42(26-21-34)24-19-28-5-3-2-4-6-28/h2-18,22-23,34H,19-21,24-27H2,1H3. The van der Waals surface area contributed by atoms with E-state index in [9.17, 15) is 18.0 Å². The van der Waals surface area contributed by atoms with Crippen LogP contribution in [0, 0.1) is 0 Å². The van der Waals surface area contributed by atoms with Crippen LogP contribution in [0.1, 0.15) is 35.1 Å². The van der Waals surface area contributed by atoms with Crippen LogP contribution >= 0.6 is 0 Å². The number of carbonyl (C=O) groups is 1. The van der Waals surface area contributed by atoms with E-state index in [4.69, 9.17) is 0 Å². The van der Waals surface area contributed by atoms with Gasteiger partial charge in [-0.3, -0.25) is 9.78 Å². The molecule has 1 aliphatic heterocycles. The third kappa shape index (κ3) is 8.35. The molecule has 2 heterocycles. The molecule has 5 nitrogen and oxygen atoms in total. The molecule has 1 saturated heterocycles. The fourth-order valence-corrected chi connectivity index (χ4v) is 5.56. The molecular formula is C36H37F3N4O. The average Bonchev–Trinajstić information content (AvgIpc) is 3.06. The second-order valence-electron chi connectivity index (χ2n) is 11.2. The summed E-state index contributed by atoms with van der Waals surface area (Å²) >= 11 is 0. The Morgan fingerprint density at radius 2 is 1.50 bits per heavy atom. The molecule has 0 N–H and O–H groups in total. The normalized spacial score (nSPS) is 14.5. The minimum Gasteiger partial charge on any atom is -0.345 e. The van der Waals surface area contributed by atoms with E-state index < -0.39 is 11.7 Å². The summed E-state index contributed by atoms with van der Waals surface area (Å²) in [6, 6.07) is 27.4. The van der Waals surface area contributed by atoms with Crippen LogP contribution in [0.3, 0.4) is 0 Å². The van der Waals surface area contributed by atoms with Crippen LogP contribution < -0.4 is 4.90 Å². The van der Waals surface area contributed by atoms with E-state index in [1.54, 1.807) is 18.5 Å². The predicted octanol–water partition coefficient (Wildman–Crippen LogP) is 7.62. The highest BCUT2D eigenvalue weighted by molar-refractivity contribution is 5.92.